The van der Waals surface area contributed by atoms with E-state index in [1.54, 1.807) is 12.1 Å². The Morgan fingerprint density at radius 3 is 2.44 bits per heavy atom. The van der Waals surface area contributed by atoms with Crippen LogP contribution in [-0.4, -0.2) is 25.7 Å². The van der Waals surface area contributed by atoms with Crippen molar-refractivity contribution in [1.29, 1.82) is 0 Å². The van der Waals surface area contributed by atoms with E-state index in [4.69, 9.17) is 16.3 Å². The molecule has 132 valence electrons. The summed E-state index contributed by atoms with van der Waals surface area (Å²) < 4.78 is 32.6. The van der Waals surface area contributed by atoms with E-state index in [1.165, 1.54) is 30.3 Å². The molecule has 0 unspecified atom stereocenters. The van der Waals surface area contributed by atoms with Gasteiger partial charge in [0.25, 0.3) is 5.91 Å². The van der Waals surface area contributed by atoms with Gasteiger partial charge in [-0.05, 0) is 42.7 Å². The van der Waals surface area contributed by atoms with Gasteiger partial charge in [0.05, 0.1) is 10.6 Å². The van der Waals surface area contributed by atoms with Crippen LogP contribution in [-0.2, 0) is 10.2 Å². The fraction of sp³-hybridized carbons (Fsp3) is 0.316. The summed E-state index contributed by atoms with van der Waals surface area (Å²) in [5.41, 5.74) is 0.391. The number of ether oxygens (including phenoxy) is 1. The van der Waals surface area contributed by atoms with E-state index in [2.05, 4.69) is 5.32 Å². The summed E-state index contributed by atoms with van der Waals surface area (Å²) in [6.45, 7) is 1.40. The monoisotopic (exact) mass is 365 g/mol. The van der Waals surface area contributed by atoms with Crippen LogP contribution in [0.5, 0.6) is 0 Å². The second-order valence-corrected chi connectivity index (χ2v) is 6.59. The van der Waals surface area contributed by atoms with Crippen LogP contribution >= 0.6 is 11.6 Å². The molecule has 2 aromatic carbocycles. The maximum atomic E-state index is 13.9. The van der Waals surface area contributed by atoms with Crippen LogP contribution in [0.2, 0.25) is 5.02 Å². The predicted octanol–water partition coefficient (Wildman–Crippen LogP) is 4.10. The number of hydrogen-bond donors (Lipinski definition) is 1. The predicted molar refractivity (Wildman–Crippen MR) is 91.9 cm³/mol. The van der Waals surface area contributed by atoms with Gasteiger partial charge >= 0.3 is 0 Å². The minimum absolute atomic E-state index is 0.0697. The summed E-state index contributed by atoms with van der Waals surface area (Å²) in [7, 11) is 0. The Labute approximate surface area is 149 Å². The Balaban J connectivity index is 1.82. The molecule has 1 aliphatic rings. The van der Waals surface area contributed by atoms with Crippen molar-refractivity contribution in [1.82, 2.24) is 5.32 Å². The lowest BCUT2D eigenvalue weighted by Crippen LogP contribution is -2.44. The smallest absolute Gasteiger partial charge is 0.255 e. The molecule has 6 heteroatoms. The van der Waals surface area contributed by atoms with Gasteiger partial charge in [0, 0.05) is 25.2 Å². The summed E-state index contributed by atoms with van der Waals surface area (Å²) >= 11 is 5.95. The standard InChI is InChI=1S/C19H18ClF2NO2/c20-15-2-1-3-16(22)17(15)18(24)23-12-19(8-10-25-11-9-19)13-4-6-14(21)7-5-13/h1-7H,8-12H2,(H,23,24). The number of rotatable bonds is 4. The van der Waals surface area contributed by atoms with Crippen LogP contribution in [0.3, 0.4) is 0 Å². The minimum Gasteiger partial charge on any atom is -0.381 e. The van der Waals surface area contributed by atoms with Gasteiger partial charge in [0.1, 0.15) is 11.6 Å². The molecule has 0 bridgehead atoms. The molecule has 0 saturated carbocycles. The average Bonchev–Trinajstić information content (AvgIpc) is 2.61. The molecule has 0 aliphatic carbocycles. The lowest BCUT2D eigenvalue weighted by atomic mass is 9.74. The van der Waals surface area contributed by atoms with Crippen LogP contribution in [0.25, 0.3) is 0 Å². The Morgan fingerprint density at radius 2 is 1.80 bits per heavy atom. The fourth-order valence-corrected chi connectivity index (χ4v) is 3.43. The molecule has 0 radical (unpaired) electrons. The SMILES string of the molecule is O=C(NCC1(c2ccc(F)cc2)CCOCC1)c1c(F)cccc1Cl. The van der Waals surface area contributed by atoms with Gasteiger partial charge in [-0.3, -0.25) is 4.79 Å². The first-order valence-electron chi connectivity index (χ1n) is 8.08. The van der Waals surface area contributed by atoms with Crippen LogP contribution in [0, 0.1) is 11.6 Å². The molecule has 3 rings (SSSR count). The third-order valence-electron chi connectivity index (χ3n) is 4.68. The van der Waals surface area contributed by atoms with Gasteiger partial charge in [0.2, 0.25) is 0 Å². The maximum absolute atomic E-state index is 13.9. The van der Waals surface area contributed by atoms with E-state index in [0.717, 1.165) is 5.56 Å². The summed E-state index contributed by atoms with van der Waals surface area (Å²) in [6.07, 6.45) is 1.37. The van der Waals surface area contributed by atoms with Crippen LogP contribution in [0.15, 0.2) is 42.5 Å². The second kappa shape index (κ2) is 7.50. The molecule has 0 spiro atoms. The minimum atomic E-state index is -0.659. The quantitative estimate of drug-likeness (QED) is 0.886. The lowest BCUT2D eigenvalue weighted by Gasteiger charge is -2.38. The molecule has 1 N–H and O–H groups in total. The molecular formula is C19H18ClF2NO2. The molecule has 0 atom stereocenters. The highest BCUT2D eigenvalue weighted by atomic mass is 35.5. The van der Waals surface area contributed by atoms with Crippen LogP contribution < -0.4 is 5.32 Å². The number of hydrogen-bond acceptors (Lipinski definition) is 2. The van der Waals surface area contributed by atoms with Crippen molar-refractivity contribution in [2.45, 2.75) is 18.3 Å². The van der Waals surface area contributed by atoms with E-state index < -0.39 is 11.7 Å². The molecule has 1 amide bonds. The van der Waals surface area contributed by atoms with Crippen molar-refractivity contribution in [3.63, 3.8) is 0 Å². The third kappa shape index (κ3) is 3.83. The molecule has 1 fully saturated rings. The first-order valence-corrected chi connectivity index (χ1v) is 8.46. The van der Waals surface area contributed by atoms with Gasteiger partial charge in [-0.2, -0.15) is 0 Å². The van der Waals surface area contributed by atoms with E-state index in [-0.39, 0.29) is 21.8 Å². The van der Waals surface area contributed by atoms with E-state index >= 15 is 0 Å². The zero-order valence-corrected chi connectivity index (χ0v) is 14.3. The summed E-state index contributed by atoms with van der Waals surface area (Å²) in [4.78, 5) is 12.4. The first-order chi connectivity index (χ1) is 12.0. The van der Waals surface area contributed by atoms with Crippen molar-refractivity contribution >= 4 is 17.5 Å². The van der Waals surface area contributed by atoms with Crippen molar-refractivity contribution in [3.8, 4) is 0 Å². The van der Waals surface area contributed by atoms with Gasteiger partial charge in [-0.1, -0.05) is 29.8 Å². The third-order valence-corrected chi connectivity index (χ3v) is 5.00. The van der Waals surface area contributed by atoms with Gasteiger partial charge in [0.15, 0.2) is 0 Å². The first kappa shape index (κ1) is 17.8. The number of halogens is 3. The number of nitrogens with one attached hydrogen (secondary N) is 1. The van der Waals surface area contributed by atoms with Crippen molar-refractivity contribution < 1.29 is 18.3 Å². The van der Waals surface area contributed by atoms with E-state index in [1.807, 2.05) is 0 Å². The van der Waals surface area contributed by atoms with Crippen LogP contribution in [0.1, 0.15) is 28.8 Å². The highest BCUT2D eigenvalue weighted by Crippen LogP contribution is 2.34. The van der Waals surface area contributed by atoms with Crippen molar-refractivity contribution in [3.05, 3.63) is 70.2 Å². The topological polar surface area (TPSA) is 38.3 Å². The Hall–Kier alpha value is -1.98. The van der Waals surface area contributed by atoms with Gasteiger partial charge in [-0.25, -0.2) is 8.78 Å². The van der Waals surface area contributed by atoms with E-state index in [9.17, 15) is 13.6 Å². The average molecular weight is 366 g/mol. The Kier molecular flexibility index (Phi) is 5.35. The van der Waals surface area contributed by atoms with Gasteiger partial charge < -0.3 is 10.1 Å². The zero-order valence-electron chi connectivity index (χ0n) is 13.5. The Bertz CT molecular complexity index is 738. The van der Waals surface area contributed by atoms with Crippen molar-refractivity contribution in [2.75, 3.05) is 19.8 Å². The zero-order chi connectivity index (χ0) is 17.9. The Morgan fingerprint density at radius 1 is 1.12 bits per heavy atom. The van der Waals surface area contributed by atoms with E-state index in [0.29, 0.717) is 32.6 Å². The number of carbonyl (C=O) groups excluding carboxylic acids is 1. The molecule has 1 heterocycles. The number of benzene rings is 2. The number of amides is 1. The highest BCUT2D eigenvalue weighted by molar-refractivity contribution is 6.33. The summed E-state index contributed by atoms with van der Waals surface area (Å²) in [6, 6.07) is 10.4. The fourth-order valence-electron chi connectivity index (χ4n) is 3.19. The highest BCUT2D eigenvalue weighted by Gasteiger charge is 2.35. The molecule has 1 aliphatic heterocycles. The maximum Gasteiger partial charge on any atom is 0.255 e. The molecular weight excluding hydrogens is 348 g/mol. The van der Waals surface area contributed by atoms with Crippen molar-refractivity contribution in [2.24, 2.45) is 0 Å². The van der Waals surface area contributed by atoms with Crippen LogP contribution in [0.4, 0.5) is 8.78 Å². The summed E-state index contributed by atoms with van der Waals surface area (Å²) in [5, 5.41) is 2.86. The molecule has 2 aromatic rings. The second-order valence-electron chi connectivity index (χ2n) is 6.18. The molecule has 1 saturated heterocycles. The molecule has 3 nitrogen and oxygen atoms in total. The summed E-state index contributed by atoms with van der Waals surface area (Å²) in [5.74, 6) is -1.53. The molecule has 0 aromatic heterocycles. The lowest BCUT2D eigenvalue weighted by molar-refractivity contribution is 0.0486. The normalized spacial score (nSPS) is 16.4. The van der Waals surface area contributed by atoms with Gasteiger partial charge in [-0.15, -0.1) is 0 Å². The molecule has 25 heavy (non-hydrogen) atoms. The number of carbonyl (C=O) groups is 1. The largest absolute Gasteiger partial charge is 0.381 e.